The predicted molar refractivity (Wildman–Crippen MR) is 60.6 cm³/mol. The van der Waals surface area contributed by atoms with Gasteiger partial charge in [-0.2, -0.15) is 0 Å². The average molecular weight is 220 g/mol. The molecule has 0 aliphatic heterocycles. The Morgan fingerprint density at radius 1 is 1.25 bits per heavy atom. The highest BCUT2D eigenvalue weighted by atomic mass is 16.1. The van der Waals surface area contributed by atoms with E-state index < -0.39 is 0 Å². The van der Waals surface area contributed by atoms with E-state index in [0.29, 0.717) is 5.69 Å². The Kier molecular flexibility index (Phi) is 3.46. The number of hydrogen-bond acceptors (Lipinski definition) is 4. The van der Waals surface area contributed by atoms with Crippen molar-refractivity contribution in [3.05, 3.63) is 18.7 Å². The molecule has 0 atom stereocenters. The number of hydrogen-bond donors (Lipinski definition) is 2. The van der Waals surface area contributed by atoms with Crippen molar-refractivity contribution in [1.82, 2.24) is 9.97 Å². The maximum Gasteiger partial charge on any atom is 0.227 e. The second-order valence-electron chi connectivity index (χ2n) is 4.23. The fourth-order valence-corrected chi connectivity index (χ4v) is 1.99. The van der Waals surface area contributed by atoms with Crippen LogP contribution >= 0.6 is 0 Å². The van der Waals surface area contributed by atoms with Crippen molar-refractivity contribution in [3.8, 4) is 0 Å². The molecule has 0 radical (unpaired) electrons. The van der Waals surface area contributed by atoms with Gasteiger partial charge >= 0.3 is 0 Å². The average Bonchev–Trinajstić information content (AvgIpc) is 2.31. The Morgan fingerprint density at radius 2 is 1.88 bits per heavy atom. The molecule has 5 nitrogen and oxygen atoms in total. The Balaban J connectivity index is 1.89. The lowest BCUT2D eigenvalue weighted by Gasteiger charge is -2.24. The summed E-state index contributed by atoms with van der Waals surface area (Å²) in [6.07, 6.45) is 8.25. The van der Waals surface area contributed by atoms with Crippen molar-refractivity contribution in [2.24, 2.45) is 11.7 Å². The number of nitrogens with two attached hydrogens (primary N) is 1. The number of amides is 1. The van der Waals surface area contributed by atoms with Gasteiger partial charge in [0.2, 0.25) is 5.91 Å². The van der Waals surface area contributed by atoms with Gasteiger partial charge in [-0.1, -0.05) is 0 Å². The Bertz CT molecular complexity index is 346. The van der Waals surface area contributed by atoms with E-state index in [1.807, 2.05) is 0 Å². The summed E-state index contributed by atoms with van der Waals surface area (Å²) < 4.78 is 0. The van der Waals surface area contributed by atoms with Gasteiger partial charge in [-0.3, -0.25) is 4.79 Å². The first-order valence-corrected chi connectivity index (χ1v) is 5.57. The lowest BCUT2D eigenvalue weighted by Crippen LogP contribution is -2.32. The van der Waals surface area contributed by atoms with E-state index in [1.54, 1.807) is 12.4 Å². The van der Waals surface area contributed by atoms with E-state index >= 15 is 0 Å². The maximum atomic E-state index is 11.9. The lowest BCUT2D eigenvalue weighted by atomic mass is 9.86. The number of nitrogens with zero attached hydrogens (tertiary/aromatic N) is 2. The molecule has 1 amide bonds. The lowest BCUT2D eigenvalue weighted by molar-refractivity contribution is -0.120. The summed E-state index contributed by atoms with van der Waals surface area (Å²) in [6, 6.07) is 0.268. The molecule has 0 bridgehead atoms. The molecule has 1 aliphatic rings. The molecule has 0 aromatic carbocycles. The first-order valence-electron chi connectivity index (χ1n) is 5.57. The number of carbonyl (C=O) groups is 1. The van der Waals surface area contributed by atoms with Crippen LogP contribution in [0.2, 0.25) is 0 Å². The summed E-state index contributed by atoms with van der Waals surface area (Å²) >= 11 is 0. The molecule has 3 N–H and O–H groups in total. The Morgan fingerprint density at radius 3 is 2.50 bits per heavy atom. The molecule has 1 aromatic heterocycles. The molecular weight excluding hydrogens is 204 g/mol. The van der Waals surface area contributed by atoms with Crippen molar-refractivity contribution in [2.45, 2.75) is 31.7 Å². The summed E-state index contributed by atoms with van der Waals surface area (Å²) in [5.41, 5.74) is 6.45. The van der Waals surface area contributed by atoms with Gasteiger partial charge in [0.05, 0.1) is 18.1 Å². The molecule has 1 fully saturated rings. The van der Waals surface area contributed by atoms with E-state index in [0.717, 1.165) is 25.7 Å². The van der Waals surface area contributed by atoms with E-state index in [2.05, 4.69) is 15.3 Å². The number of rotatable bonds is 2. The van der Waals surface area contributed by atoms with Crippen LogP contribution in [-0.2, 0) is 4.79 Å². The van der Waals surface area contributed by atoms with Crippen LogP contribution in [0.25, 0.3) is 0 Å². The summed E-state index contributed by atoms with van der Waals surface area (Å²) in [7, 11) is 0. The standard InChI is InChI=1S/C11H16N4O/c12-9-3-1-8(2-4-9)11(16)15-10-5-13-7-14-6-10/h5-9H,1-4,12H2,(H,15,16). The zero-order valence-electron chi connectivity index (χ0n) is 9.10. The summed E-state index contributed by atoms with van der Waals surface area (Å²) in [5, 5.41) is 2.82. The van der Waals surface area contributed by atoms with E-state index in [9.17, 15) is 4.79 Å². The van der Waals surface area contributed by atoms with Crippen molar-refractivity contribution in [2.75, 3.05) is 5.32 Å². The van der Waals surface area contributed by atoms with Crippen LogP contribution < -0.4 is 11.1 Å². The van der Waals surface area contributed by atoms with Crippen molar-refractivity contribution < 1.29 is 4.79 Å². The first-order chi connectivity index (χ1) is 7.75. The topological polar surface area (TPSA) is 80.9 Å². The molecule has 2 rings (SSSR count). The number of carbonyl (C=O) groups excluding carboxylic acids is 1. The van der Waals surface area contributed by atoms with Gasteiger partial charge < -0.3 is 11.1 Å². The van der Waals surface area contributed by atoms with Gasteiger partial charge in [0, 0.05) is 12.0 Å². The second-order valence-corrected chi connectivity index (χ2v) is 4.23. The third-order valence-electron chi connectivity index (χ3n) is 2.97. The van der Waals surface area contributed by atoms with Gasteiger partial charge in [-0.15, -0.1) is 0 Å². The number of anilines is 1. The Hall–Kier alpha value is -1.49. The van der Waals surface area contributed by atoms with Gasteiger partial charge in [0.1, 0.15) is 6.33 Å². The quantitative estimate of drug-likeness (QED) is 0.777. The monoisotopic (exact) mass is 220 g/mol. The van der Waals surface area contributed by atoms with Crippen molar-refractivity contribution in [3.63, 3.8) is 0 Å². The first kappa shape index (κ1) is 11.0. The zero-order chi connectivity index (χ0) is 11.4. The van der Waals surface area contributed by atoms with Crippen LogP contribution in [0.15, 0.2) is 18.7 Å². The maximum absolute atomic E-state index is 11.9. The van der Waals surface area contributed by atoms with Gasteiger partial charge in [0.25, 0.3) is 0 Å². The third-order valence-corrected chi connectivity index (χ3v) is 2.97. The molecule has 1 saturated carbocycles. The fraction of sp³-hybridized carbons (Fsp3) is 0.545. The van der Waals surface area contributed by atoms with Crippen LogP contribution in [0.1, 0.15) is 25.7 Å². The minimum absolute atomic E-state index is 0.0571. The van der Waals surface area contributed by atoms with Crippen molar-refractivity contribution in [1.29, 1.82) is 0 Å². The number of aromatic nitrogens is 2. The van der Waals surface area contributed by atoms with Crippen LogP contribution in [0.4, 0.5) is 5.69 Å². The molecule has 5 heteroatoms. The minimum Gasteiger partial charge on any atom is -0.328 e. The van der Waals surface area contributed by atoms with Crippen LogP contribution in [0, 0.1) is 5.92 Å². The highest BCUT2D eigenvalue weighted by Gasteiger charge is 2.24. The molecule has 0 unspecified atom stereocenters. The molecule has 0 saturated heterocycles. The van der Waals surface area contributed by atoms with Crippen LogP contribution in [0.5, 0.6) is 0 Å². The third kappa shape index (κ3) is 2.76. The fourth-order valence-electron chi connectivity index (χ4n) is 1.99. The molecule has 86 valence electrons. The van der Waals surface area contributed by atoms with E-state index in [4.69, 9.17) is 5.73 Å². The van der Waals surface area contributed by atoms with Gasteiger partial charge in [0.15, 0.2) is 0 Å². The van der Waals surface area contributed by atoms with Crippen molar-refractivity contribution >= 4 is 11.6 Å². The SMILES string of the molecule is NC1CCC(C(=O)Nc2cncnc2)CC1. The normalized spacial score (nSPS) is 25.1. The Labute approximate surface area is 94.5 Å². The highest BCUT2D eigenvalue weighted by molar-refractivity contribution is 5.92. The number of nitrogens with one attached hydrogen (secondary N) is 1. The molecule has 0 spiro atoms. The van der Waals surface area contributed by atoms with Gasteiger partial charge in [-0.25, -0.2) is 9.97 Å². The molecule has 1 heterocycles. The van der Waals surface area contributed by atoms with E-state index in [-0.39, 0.29) is 17.9 Å². The zero-order valence-corrected chi connectivity index (χ0v) is 9.10. The molecule has 1 aliphatic carbocycles. The molecular formula is C11H16N4O. The van der Waals surface area contributed by atoms with Gasteiger partial charge in [-0.05, 0) is 25.7 Å². The highest BCUT2D eigenvalue weighted by Crippen LogP contribution is 2.24. The van der Waals surface area contributed by atoms with Crippen LogP contribution in [0.3, 0.4) is 0 Å². The smallest absolute Gasteiger partial charge is 0.227 e. The predicted octanol–water partition coefficient (Wildman–Crippen LogP) is 0.933. The summed E-state index contributed by atoms with van der Waals surface area (Å²) in [5.74, 6) is 0.140. The largest absolute Gasteiger partial charge is 0.328 e. The minimum atomic E-state index is 0.0571. The van der Waals surface area contributed by atoms with Crippen LogP contribution in [-0.4, -0.2) is 21.9 Å². The molecule has 16 heavy (non-hydrogen) atoms. The summed E-state index contributed by atoms with van der Waals surface area (Å²) in [6.45, 7) is 0. The molecule has 1 aromatic rings. The second kappa shape index (κ2) is 5.03. The van der Waals surface area contributed by atoms with E-state index in [1.165, 1.54) is 6.33 Å². The summed E-state index contributed by atoms with van der Waals surface area (Å²) in [4.78, 5) is 19.6.